The average molecular weight is 280 g/mol. The summed E-state index contributed by atoms with van der Waals surface area (Å²) in [6.07, 6.45) is 4.93. The maximum Gasteiger partial charge on any atom is 0.215 e. The van der Waals surface area contributed by atoms with Gasteiger partial charge in [-0.25, -0.2) is 9.97 Å². The third kappa shape index (κ3) is 2.65. The molecular weight excluding hydrogens is 272 g/mol. The third-order valence-corrected chi connectivity index (χ3v) is 3.30. The first-order valence-electron chi connectivity index (χ1n) is 5.72. The van der Waals surface area contributed by atoms with Crippen molar-refractivity contribution in [3.05, 3.63) is 48.4 Å². The number of nitriles is 1. The molecule has 7 heteroatoms. The third-order valence-electron chi connectivity index (χ3n) is 2.48. The largest absolute Gasteiger partial charge is 0.265 e. The van der Waals surface area contributed by atoms with Gasteiger partial charge in [0.2, 0.25) is 5.16 Å². The van der Waals surface area contributed by atoms with Crippen LogP contribution in [0, 0.1) is 11.3 Å². The molecule has 96 valence electrons. The van der Waals surface area contributed by atoms with Gasteiger partial charge in [0.15, 0.2) is 5.82 Å². The Kier molecular flexibility index (Phi) is 3.39. The van der Waals surface area contributed by atoms with E-state index in [1.807, 2.05) is 18.2 Å². The number of nitrogens with one attached hydrogen (secondary N) is 1. The minimum Gasteiger partial charge on any atom is -0.265 e. The van der Waals surface area contributed by atoms with Gasteiger partial charge in [-0.05, 0) is 36.0 Å². The second-order valence-corrected chi connectivity index (χ2v) is 4.79. The van der Waals surface area contributed by atoms with Gasteiger partial charge < -0.3 is 0 Å². The zero-order valence-electron chi connectivity index (χ0n) is 10.2. The van der Waals surface area contributed by atoms with Gasteiger partial charge in [0, 0.05) is 24.2 Å². The molecule has 20 heavy (non-hydrogen) atoms. The molecule has 0 aliphatic rings. The fourth-order valence-electron chi connectivity index (χ4n) is 1.53. The van der Waals surface area contributed by atoms with Crippen molar-refractivity contribution >= 4 is 11.8 Å². The molecule has 1 N–H and O–H groups in total. The van der Waals surface area contributed by atoms with Crippen molar-refractivity contribution in [3.8, 4) is 17.5 Å². The lowest BCUT2D eigenvalue weighted by molar-refractivity contribution is 0.967. The van der Waals surface area contributed by atoms with E-state index in [0.717, 1.165) is 10.6 Å². The smallest absolute Gasteiger partial charge is 0.215 e. The van der Waals surface area contributed by atoms with Crippen LogP contribution in [0.1, 0.15) is 5.56 Å². The predicted octanol–water partition coefficient (Wildman–Crippen LogP) is 2.28. The van der Waals surface area contributed by atoms with Crippen LogP contribution in [0.2, 0.25) is 0 Å². The molecule has 3 aromatic rings. The van der Waals surface area contributed by atoms with Crippen LogP contribution in [0.3, 0.4) is 0 Å². The maximum atomic E-state index is 8.72. The first-order valence-corrected chi connectivity index (χ1v) is 6.53. The summed E-state index contributed by atoms with van der Waals surface area (Å²) in [4.78, 5) is 12.5. The number of H-pyrrole nitrogens is 1. The van der Waals surface area contributed by atoms with Gasteiger partial charge in [0.05, 0.1) is 5.56 Å². The summed E-state index contributed by atoms with van der Waals surface area (Å²) in [6, 6.07) is 9.22. The second kappa shape index (κ2) is 5.50. The molecule has 3 aromatic heterocycles. The number of pyridine rings is 2. The molecule has 6 nitrogen and oxygen atoms in total. The van der Waals surface area contributed by atoms with Gasteiger partial charge in [-0.15, -0.1) is 5.10 Å². The van der Waals surface area contributed by atoms with Crippen molar-refractivity contribution in [1.82, 2.24) is 25.1 Å². The van der Waals surface area contributed by atoms with Crippen LogP contribution < -0.4 is 0 Å². The van der Waals surface area contributed by atoms with E-state index in [2.05, 4.69) is 25.1 Å². The van der Waals surface area contributed by atoms with Crippen molar-refractivity contribution in [1.29, 1.82) is 5.26 Å². The molecule has 0 aliphatic carbocycles. The number of rotatable bonds is 3. The maximum absolute atomic E-state index is 8.72. The summed E-state index contributed by atoms with van der Waals surface area (Å²) in [5.41, 5.74) is 1.45. The van der Waals surface area contributed by atoms with Crippen molar-refractivity contribution in [2.24, 2.45) is 0 Å². The molecule has 0 bridgehead atoms. The molecular formula is C13H8N6S. The van der Waals surface area contributed by atoms with Gasteiger partial charge in [0.1, 0.15) is 11.1 Å². The summed E-state index contributed by atoms with van der Waals surface area (Å²) in [7, 11) is 0. The first-order chi connectivity index (χ1) is 9.85. The van der Waals surface area contributed by atoms with E-state index >= 15 is 0 Å². The van der Waals surface area contributed by atoms with E-state index in [1.54, 1.807) is 24.5 Å². The molecule has 0 amide bonds. The number of aromatic amines is 1. The first kappa shape index (κ1) is 12.3. The molecule has 0 unspecified atom stereocenters. The predicted molar refractivity (Wildman–Crippen MR) is 72.7 cm³/mol. The number of hydrogen-bond donors (Lipinski definition) is 1. The Labute approximate surface area is 118 Å². The van der Waals surface area contributed by atoms with Gasteiger partial charge >= 0.3 is 0 Å². The average Bonchev–Trinajstić information content (AvgIpc) is 2.97. The molecule has 0 fully saturated rings. The highest BCUT2D eigenvalue weighted by molar-refractivity contribution is 7.99. The number of nitrogens with zero attached hydrogens (tertiary/aromatic N) is 5. The number of hydrogen-bond acceptors (Lipinski definition) is 6. The lowest BCUT2D eigenvalue weighted by Gasteiger charge is -1.95. The Morgan fingerprint density at radius 3 is 2.70 bits per heavy atom. The van der Waals surface area contributed by atoms with Crippen LogP contribution in [0.15, 0.2) is 53.0 Å². The monoisotopic (exact) mass is 280 g/mol. The zero-order valence-corrected chi connectivity index (χ0v) is 11.0. The normalized spacial score (nSPS) is 10.2. The van der Waals surface area contributed by atoms with E-state index in [1.165, 1.54) is 18.0 Å². The van der Waals surface area contributed by atoms with Gasteiger partial charge in [0.25, 0.3) is 0 Å². The standard InChI is InChI=1S/C13H8N6S/c14-7-9-1-2-11(16-8-9)20-13-17-12(18-19-13)10-3-5-15-6-4-10/h1-6,8H,(H,17,18,19). The van der Waals surface area contributed by atoms with Crippen LogP contribution in [0.5, 0.6) is 0 Å². The van der Waals surface area contributed by atoms with Crippen molar-refractivity contribution < 1.29 is 0 Å². The summed E-state index contributed by atoms with van der Waals surface area (Å²) >= 11 is 1.33. The highest BCUT2D eigenvalue weighted by Crippen LogP contribution is 2.24. The Morgan fingerprint density at radius 2 is 2.00 bits per heavy atom. The molecule has 3 rings (SSSR count). The molecule has 3 heterocycles. The fraction of sp³-hybridized carbons (Fsp3) is 0. The number of aromatic nitrogens is 5. The van der Waals surface area contributed by atoms with Crippen LogP contribution >= 0.6 is 11.8 Å². The molecule has 0 saturated carbocycles. The van der Waals surface area contributed by atoms with Gasteiger partial charge in [-0.3, -0.25) is 10.1 Å². The topological polar surface area (TPSA) is 91.1 Å². The van der Waals surface area contributed by atoms with Crippen molar-refractivity contribution in [2.45, 2.75) is 10.2 Å². The molecule has 0 saturated heterocycles. The van der Waals surface area contributed by atoms with Crippen LogP contribution in [-0.4, -0.2) is 25.1 Å². The highest BCUT2D eigenvalue weighted by Gasteiger charge is 2.07. The Bertz CT molecular complexity index is 745. The summed E-state index contributed by atoms with van der Waals surface area (Å²) in [5, 5.41) is 17.0. The van der Waals surface area contributed by atoms with E-state index in [0.29, 0.717) is 16.5 Å². The lowest BCUT2D eigenvalue weighted by atomic mass is 10.3. The Balaban J connectivity index is 1.79. The molecule has 0 spiro atoms. The zero-order chi connectivity index (χ0) is 13.8. The lowest BCUT2D eigenvalue weighted by Crippen LogP contribution is -1.83. The quantitative estimate of drug-likeness (QED) is 0.791. The van der Waals surface area contributed by atoms with Crippen molar-refractivity contribution in [3.63, 3.8) is 0 Å². The van der Waals surface area contributed by atoms with Crippen LogP contribution in [-0.2, 0) is 0 Å². The molecule has 0 atom stereocenters. The van der Waals surface area contributed by atoms with Crippen LogP contribution in [0.4, 0.5) is 0 Å². The van der Waals surface area contributed by atoms with Crippen molar-refractivity contribution in [2.75, 3.05) is 0 Å². The molecule has 0 aromatic carbocycles. The van der Waals surface area contributed by atoms with Gasteiger partial charge in [-0.2, -0.15) is 5.26 Å². The summed E-state index contributed by atoms with van der Waals surface area (Å²) < 4.78 is 0. The summed E-state index contributed by atoms with van der Waals surface area (Å²) in [6.45, 7) is 0. The molecule has 0 aliphatic heterocycles. The SMILES string of the molecule is N#Cc1ccc(Sc2n[nH]c(-c3ccncc3)n2)nc1. The van der Waals surface area contributed by atoms with E-state index in [9.17, 15) is 0 Å². The van der Waals surface area contributed by atoms with Crippen LogP contribution in [0.25, 0.3) is 11.4 Å². The van der Waals surface area contributed by atoms with E-state index in [-0.39, 0.29) is 0 Å². The minimum absolute atomic E-state index is 0.529. The highest BCUT2D eigenvalue weighted by atomic mass is 32.2. The summed E-state index contributed by atoms with van der Waals surface area (Å²) in [5.74, 6) is 0.684. The van der Waals surface area contributed by atoms with E-state index in [4.69, 9.17) is 5.26 Å². The molecule has 0 radical (unpaired) electrons. The minimum atomic E-state index is 0.529. The van der Waals surface area contributed by atoms with E-state index < -0.39 is 0 Å². The fourth-order valence-corrected chi connectivity index (χ4v) is 2.19. The Hall–Kier alpha value is -2.72. The van der Waals surface area contributed by atoms with Gasteiger partial charge in [-0.1, -0.05) is 0 Å². The Morgan fingerprint density at radius 1 is 1.15 bits per heavy atom. The second-order valence-electron chi connectivity index (χ2n) is 3.80.